The maximum absolute atomic E-state index is 11.5. The van der Waals surface area contributed by atoms with E-state index in [1.54, 1.807) is 13.8 Å². The summed E-state index contributed by atoms with van der Waals surface area (Å²) >= 11 is 1.43. The van der Waals surface area contributed by atoms with E-state index in [2.05, 4.69) is 5.32 Å². The predicted octanol–water partition coefficient (Wildman–Crippen LogP) is 0.664. The Morgan fingerprint density at radius 3 is 2.69 bits per heavy atom. The lowest BCUT2D eigenvalue weighted by molar-refractivity contribution is -0.161. The van der Waals surface area contributed by atoms with Crippen molar-refractivity contribution in [2.75, 3.05) is 12.0 Å². The average Bonchev–Trinajstić information content (AvgIpc) is 2.38. The number of ether oxygens (including phenoxy) is 2. The molecule has 0 aliphatic carbocycles. The Hall–Kier alpha value is -0.950. The molecule has 0 aromatic carbocycles. The van der Waals surface area contributed by atoms with Crippen LogP contribution in [0.5, 0.6) is 0 Å². The number of hydrogen-bond donors (Lipinski definition) is 2. The van der Waals surface area contributed by atoms with Gasteiger partial charge in [-0.3, -0.25) is 0 Å². The third-order valence-electron chi connectivity index (χ3n) is 2.01. The fourth-order valence-electron chi connectivity index (χ4n) is 1.47. The van der Waals surface area contributed by atoms with Crippen LogP contribution in [0.4, 0.5) is 4.79 Å². The Labute approximate surface area is 97.7 Å². The van der Waals surface area contributed by atoms with E-state index in [0.29, 0.717) is 5.75 Å². The minimum absolute atomic E-state index is 0.447. The third-order valence-corrected chi connectivity index (χ3v) is 2.70. The summed E-state index contributed by atoms with van der Waals surface area (Å²) in [5.41, 5.74) is 0. The number of amides is 1. The van der Waals surface area contributed by atoms with Gasteiger partial charge in [-0.1, -0.05) is 0 Å². The van der Waals surface area contributed by atoms with Crippen LogP contribution in [0, 0.1) is 0 Å². The molecule has 1 aliphatic rings. The van der Waals surface area contributed by atoms with Gasteiger partial charge in [0.2, 0.25) is 5.79 Å². The summed E-state index contributed by atoms with van der Waals surface area (Å²) in [6.07, 6.45) is -0.235. The van der Waals surface area contributed by atoms with Gasteiger partial charge in [-0.05, 0) is 6.26 Å². The lowest BCUT2D eigenvalue weighted by atomic mass is 10.2. The number of esters is 1. The number of rotatable bonds is 4. The Bertz CT molecular complexity index is 294. The summed E-state index contributed by atoms with van der Waals surface area (Å²) < 4.78 is 10.3. The second-order valence-electron chi connectivity index (χ2n) is 3.87. The Balaban J connectivity index is 2.71. The van der Waals surface area contributed by atoms with Crippen molar-refractivity contribution in [3.63, 3.8) is 0 Å². The van der Waals surface area contributed by atoms with Gasteiger partial charge in [0.15, 0.2) is 6.10 Å². The van der Waals surface area contributed by atoms with Crippen LogP contribution in [0.2, 0.25) is 0 Å². The third kappa shape index (κ3) is 3.28. The van der Waals surface area contributed by atoms with E-state index < -0.39 is 30.0 Å². The van der Waals surface area contributed by atoms with Crippen molar-refractivity contribution in [2.24, 2.45) is 0 Å². The first-order valence-electron chi connectivity index (χ1n) is 4.75. The lowest BCUT2D eigenvalue weighted by Crippen LogP contribution is -2.47. The molecule has 7 heteroatoms. The molecular formula is C9H15NO5S. The highest BCUT2D eigenvalue weighted by Crippen LogP contribution is 2.26. The van der Waals surface area contributed by atoms with Gasteiger partial charge >= 0.3 is 12.1 Å². The molecule has 1 unspecified atom stereocenters. The molecule has 6 nitrogen and oxygen atoms in total. The molecule has 1 heterocycles. The zero-order chi connectivity index (χ0) is 12.3. The van der Waals surface area contributed by atoms with E-state index in [9.17, 15) is 9.59 Å². The summed E-state index contributed by atoms with van der Waals surface area (Å²) in [6.45, 7) is 3.23. The molecule has 0 aromatic rings. The van der Waals surface area contributed by atoms with Crippen molar-refractivity contribution in [1.82, 2.24) is 5.32 Å². The number of carboxylic acid groups (broad SMARTS) is 1. The van der Waals surface area contributed by atoms with Crippen molar-refractivity contribution in [1.29, 1.82) is 0 Å². The first-order chi connectivity index (χ1) is 7.35. The van der Waals surface area contributed by atoms with Crippen molar-refractivity contribution >= 4 is 23.8 Å². The molecule has 1 saturated heterocycles. The van der Waals surface area contributed by atoms with E-state index in [1.807, 2.05) is 6.26 Å². The van der Waals surface area contributed by atoms with Gasteiger partial charge in [-0.15, -0.1) is 0 Å². The molecule has 0 saturated carbocycles. The molecular weight excluding hydrogens is 234 g/mol. The summed E-state index contributed by atoms with van der Waals surface area (Å²) in [7, 11) is 0. The fourth-order valence-corrected chi connectivity index (χ4v) is 2.08. The summed E-state index contributed by atoms with van der Waals surface area (Å²) in [5.74, 6) is -1.07. The number of carbonyl (C=O) groups is 2. The summed E-state index contributed by atoms with van der Waals surface area (Å²) in [5, 5.41) is 10.9. The highest BCUT2D eigenvalue weighted by atomic mass is 32.2. The molecule has 92 valence electrons. The highest BCUT2D eigenvalue weighted by molar-refractivity contribution is 7.98. The smallest absolute Gasteiger partial charge is 0.405 e. The van der Waals surface area contributed by atoms with E-state index in [4.69, 9.17) is 14.6 Å². The number of thioether (sulfide) groups is 1. The number of nitrogens with one attached hydrogen (secondary N) is 1. The largest absolute Gasteiger partial charge is 0.465 e. The van der Waals surface area contributed by atoms with E-state index in [-0.39, 0.29) is 0 Å². The van der Waals surface area contributed by atoms with Gasteiger partial charge in [0.05, 0.1) is 6.04 Å². The molecule has 0 radical (unpaired) electrons. The molecule has 0 spiro atoms. The van der Waals surface area contributed by atoms with Crippen LogP contribution in [0.25, 0.3) is 0 Å². The van der Waals surface area contributed by atoms with Gasteiger partial charge in [-0.25, -0.2) is 9.59 Å². The topological polar surface area (TPSA) is 84.9 Å². The zero-order valence-electron chi connectivity index (χ0n) is 9.35. The lowest BCUT2D eigenvalue weighted by Gasteiger charge is -2.21. The van der Waals surface area contributed by atoms with E-state index >= 15 is 0 Å². The van der Waals surface area contributed by atoms with Crippen LogP contribution in [-0.2, 0) is 14.3 Å². The summed E-state index contributed by atoms with van der Waals surface area (Å²) in [6, 6.07) is -0.596. The van der Waals surface area contributed by atoms with Gasteiger partial charge < -0.3 is 19.9 Å². The van der Waals surface area contributed by atoms with Crippen molar-refractivity contribution in [3.05, 3.63) is 0 Å². The second-order valence-corrected chi connectivity index (χ2v) is 4.78. The zero-order valence-corrected chi connectivity index (χ0v) is 10.2. The highest BCUT2D eigenvalue weighted by Gasteiger charge is 2.45. The van der Waals surface area contributed by atoms with Crippen LogP contribution < -0.4 is 5.32 Å². The molecule has 16 heavy (non-hydrogen) atoms. The number of cyclic esters (lactones) is 1. The Morgan fingerprint density at radius 1 is 1.69 bits per heavy atom. The molecule has 1 rings (SSSR count). The van der Waals surface area contributed by atoms with Gasteiger partial charge in [0.1, 0.15) is 0 Å². The average molecular weight is 249 g/mol. The standard InChI is InChI=1S/C9H15NO5S/c1-9(2)14-6(7(11)15-9)5(4-16-3)10-8(12)13/h5-6,10H,4H2,1-3H3,(H,12,13)/t5-,6?/m1/s1. The number of carbonyl (C=O) groups excluding carboxylic acids is 1. The van der Waals surface area contributed by atoms with Crippen LogP contribution in [0.3, 0.4) is 0 Å². The van der Waals surface area contributed by atoms with E-state index in [0.717, 1.165) is 0 Å². The van der Waals surface area contributed by atoms with Crippen LogP contribution in [0.15, 0.2) is 0 Å². The molecule has 1 amide bonds. The normalized spacial score (nSPS) is 24.9. The van der Waals surface area contributed by atoms with Crippen molar-refractivity contribution < 1.29 is 24.2 Å². The SMILES string of the molecule is CSC[C@@H](NC(=O)O)C1OC(C)(C)OC1=O. The molecule has 2 atom stereocenters. The van der Waals surface area contributed by atoms with Crippen molar-refractivity contribution in [2.45, 2.75) is 31.8 Å². The maximum atomic E-state index is 11.5. The maximum Gasteiger partial charge on any atom is 0.405 e. The Kier molecular flexibility index (Phi) is 4.03. The first-order valence-corrected chi connectivity index (χ1v) is 6.14. The fraction of sp³-hybridized carbons (Fsp3) is 0.778. The van der Waals surface area contributed by atoms with Gasteiger partial charge in [-0.2, -0.15) is 11.8 Å². The van der Waals surface area contributed by atoms with Crippen LogP contribution in [-0.4, -0.2) is 47.1 Å². The predicted molar refractivity (Wildman–Crippen MR) is 58.4 cm³/mol. The molecule has 0 bridgehead atoms. The Morgan fingerprint density at radius 2 is 2.31 bits per heavy atom. The number of hydrogen-bond acceptors (Lipinski definition) is 5. The van der Waals surface area contributed by atoms with E-state index in [1.165, 1.54) is 11.8 Å². The monoisotopic (exact) mass is 249 g/mol. The molecule has 2 N–H and O–H groups in total. The van der Waals surface area contributed by atoms with Gasteiger partial charge in [0, 0.05) is 19.6 Å². The minimum Gasteiger partial charge on any atom is -0.465 e. The quantitative estimate of drug-likeness (QED) is 0.712. The minimum atomic E-state index is -1.18. The molecule has 0 aromatic heterocycles. The van der Waals surface area contributed by atoms with Crippen LogP contribution in [0.1, 0.15) is 13.8 Å². The van der Waals surface area contributed by atoms with Crippen molar-refractivity contribution in [3.8, 4) is 0 Å². The van der Waals surface area contributed by atoms with Gasteiger partial charge in [0.25, 0.3) is 0 Å². The van der Waals surface area contributed by atoms with Crippen LogP contribution >= 0.6 is 11.8 Å². The molecule has 1 aliphatic heterocycles. The summed E-state index contributed by atoms with van der Waals surface area (Å²) in [4.78, 5) is 22.1. The molecule has 1 fully saturated rings. The second kappa shape index (κ2) is 4.92. The first kappa shape index (κ1) is 13.1.